The van der Waals surface area contributed by atoms with Crippen LogP contribution >= 0.6 is 0 Å². The number of hydrogen-bond donors (Lipinski definition) is 1. The molecule has 0 saturated heterocycles. The first-order valence-corrected chi connectivity index (χ1v) is 9.05. The lowest BCUT2D eigenvalue weighted by molar-refractivity contribution is 0.0694. The maximum atomic E-state index is 13.1. The van der Waals surface area contributed by atoms with Crippen LogP contribution in [0.1, 0.15) is 35.9 Å². The van der Waals surface area contributed by atoms with Crippen LogP contribution in [0.25, 0.3) is 10.8 Å². The summed E-state index contributed by atoms with van der Waals surface area (Å²) >= 11 is 0. The van der Waals surface area contributed by atoms with Gasteiger partial charge in [0.25, 0.3) is 5.91 Å². The lowest BCUT2D eigenvalue weighted by Crippen LogP contribution is -2.43. The molecule has 0 radical (unpaired) electrons. The summed E-state index contributed by atoms with van der Waals surface area (Å²) in [5.74, 6) is 0.858. The van der Waals surface area contributed by atoms with E-state index in [1.165, 1.54) is 0 Å². The molecule has 26 heavy (non-hydrogen) atoms. The van der Waals surface area contributed by atoms with Crippen molar-refractivity contribution >= 4 is 22.4 Å². The molecule has 1 unspecified atom stereocenters. The van der Waals surface area contributed by atoms with Crippen LogP contribution < -0.4 is 10.1 Å². The molecule has 0 aromatic heterocycles. The third-order valence-electron chi connectivity index (χ3n) is 4.87. The molecule has 1 N–H and O–H groups in total. The van der Waals surface area contributed by atoms with Crippen molar-refractivity contribution in [1.82, 2.24) is 4.90 Å². The topological polar surface area (TPSA) is 41.6 Å². The van der Waals surface area contributed by atoms with Gasteiger partial charge in [-0.15, -0.1) is 0 Å². The van der Waals surface area contributed by atoms with E-state index in [0.29, 0.717) is 18.7 Å². The minimum Gasteiger partial charge on any atom is -0.493 e. The highest BCUT2D eigenvalue weighted by Crippen LogP contribution is 2.40. The van der Waals surface area contributed by atoms with Crippen LogP contribution in [0.5, 0.6) is 5.75 Å². The Balaban J connectivity index is 1.93. The molecule has 0 fully saturated rings. The summed E-state index contributed by atoms with van der Waals surface area (Å²) in [6, 6.07) is 20.0. The molecule has 1 amide bonds. The van der Waals surface area contributed by atoms with E-state index >= 15 is 0 Å². The summed E-state index contributed by atoms with van der Waals surface area (Å²) in [5.41, 5.74) is 2.58. The van der Waals surface area contributed by atoms with E-state index in [-0.39, 0.29) is 12.1 Å². The predicted molar refractivity (Wildman–Crippen MR) is 105 cm³/mol. The lowest BCUT2D eigenvalue weighted by atomic mass is 9.97. The summed E-state index contributed by atoms with van der Waals surface area (Å²) in [6.07, 6.45) is -0.268. The van der Waals surface area contributed by atoms with Gasteiger partial charge in [-0.3, -0.25) is 4.79 Å². The molecule has 0 bridgehead atoms. The zero-order valence-corrected chi connectivity index (χ0v) is 15.0. The molecule has 0 spiro atoms. The lowest BCUT2D eigenvalue weighted by Gasteiger charge is -2.38. The molecular weight excluding hydrogens is 324 g/mol. The Kier molecular flexibility index (Phi) is 4.25. The van der Waals surface area contributed by atoms with Gasteiger partial charge < -0.3 is 15.0 Å². The van der Waals surface area contributed by atoms with Crippen molar-refractivity contribution < 1.29 is 9.53 Å². The molecule has 3 aromatic carbocycles. The third kappa shape index (κ3) is 2.58. The first-order valence-electron chi connectivity index (χ1n) is 9.05. The fraction of sp³-hybridized carbons (Fsp3) is 0.227. The molecule has 0 aliphatic carbocycles. The van der Waals surface area contributed by atoms with E-state index in [4.69, 9.17) is 4.74 Å². The zero-order valence-electron chi connectivity index (χ0n) is 15.0. The maximum Gasteiger partial charge on any atom is 0.257 e. The minimum atomic E-state index is -0.268. The number of anilines is 1. The Morgan fingerprint density at radius 2 is 1.77 bits per heavy atom. The van der Waals surface area contributed by atoms with E-state index in [1.54, 1.807) is 0 Å². The normalized spacial score (nSPS) is 16.3. The highest BCUT2D eigenvalue weighted by molar-refractivity contribution is 6.02. The van der Waals surface area contributed by atoms with Crippen molar-refractivity contribution in [2.45, 2.75) is 20.0 Å². The van der Waals surface area contributed by atoms with Crippen LogP contribution in [0.2, 0.25) is 0 Å². The standard InChI is InChI=1S/C22H22N2O2/c1-3-24-21(23-18-12-8-7-11-17(18)22(24)25)20-16-10-6-5-9-15(16)13-14-19(20)26-4-2/h5-14,21,23H,3-4H2,1-2H3. The van der Waals surface area contributed by atoms with Gasteiger partial charge in [-0.1, -0.05) is 42.5 Å². The number of nitrogens with one attached hydrogen (secondary N) is 1. The quantitative estimate of drug-likeness (QED) is 0.736. The van der Waals surface area contributed by atoms with Crippen molar-refractivity contribution in [3.8, 4) is 5.75 Å². The van der Waals surface area contributed by atoms with Crippen LogP contribution in [0.4, 0.5) is 5.69 Å². The third-order valence-corrected chi connectivity index (χ3v) is 4.87. The number of carbonyl (C=O) groups is 1. The number of nitrogens with zero attached hydrogens (tertiary/aromatic N) is 1. The fourth-order valence-corrected chi connectivity index (χ4v) is 3.69. The maximum absolute atomic E-state index is 13.1. The van der Waals surface area contributed by atoms with Crippen molar-refractivity contribution in [3.63, 3.8) is 0 Å². The van der Waals surface area contributed by atoms with E-state index in [2.05, 4.69) is 23.5 Å². The number of hydrogen-bond acceptors (Lipinski definition) is 3. The van der Waals surface area contributed by atoms with Gasteiger partial charge in [-0.25, -0.2) is 0 Å². The first-order chi connectivity index (χ1) is 12.7. The Bertz CT molecular complexity index is 967. The fourth-order valence-electron chi connectivity index (χ4n) is 3.69. The second-order valence-electron chi connectivity index (χ2n) is 6.32. The highest BCUT2D eigenvalue weighted by atomic mass is 16.5. The number of carbonyl (C=O) groups excluding carboxylic acids is 1. The summed E-state index contributed by atoms with van der Waals surface area (Å²) in [5, 5.41) is 5.79. The number of fused-ring (bicyclic) bond motifs is 2. The van der Waals surface area contributed by atoms with Crippen LogP contribution in [0, 0.1) is 0 Å². The molecule has 4 nitrogen and oxygen atoms in total. The molecule has 4 rings (SSSR count). The largest absolute Gasteiger partial charge is 0.493 e. The number of ether oxygens (including phenoxy) is 1. The Morgan fingerprint density at radius 1 is 1.00 bits per heavy atom. The minimum absolute atomic E-state index is 0.0437. The molecule has 132 valence electrons. The number of para-hydroxylation sites is 1. The monoisotopic (exact) mass is 346 g/mol. The van der Waals surface area contributed by atoms with E-state index in [1.807, 2.05) is 61.2 Å². The molecular formula is C22H22N2O2. The summed E-state index contributed by atoms with van der Waals surface area (Å²) in [7, 11) is 0. The van der Waals surface area contributed by atoms with Gasteiger partial charge in [0.1, 0.15) is 11.9 Å². The summed E-state index contributed by atoms with van der Waals surface area (Å²) in [4.78, 5) is 14.9. The SMILES string of the molecule is CCOc1ccc2ccccc2c1C1Nc2ccccc2C(=O)N1CC. The van der Waals surface area contributed by atoms with Gasteiger partial charge >= 0.3 is 0 Å². The van der Waals surface area contributed by atoms with E-state index < -0.39 is 0 Å². The van der Waals surface area contributed by atoms with E-state index in [0.717, 1.165) is 27.8 Å². The summed E-state index contributed by atoms with van der Waals surface area (Å²) < 4.78 is 5.94. The first kappa shape index (κ1) is 16.5. The van der Waals surface area contributed by atoms with Crippen LogP contribution in [-0.4, -0.2) is 24.0 Å². The van der Waals surface area contributed by atoms with Crippen LogP contribution in [0.3, 0.4) is 0 Å². The zero-order chi connectivity index (χ0) is 18.1. The average Bonchev–Trinajstić information content (AvgIpc) is 2.68. The number of rotatable bonds is 4. The number of amides is 1. The van der Waals surface area contributed by atoms with Crippen molar-refractivity contribution in [3.05, 3.63) is 71.8 Å². The van der Waals surface area contributed by atoms with E-state index in [9.17, 15) is 4.79 Å². The van der Waals surface area contributed by atoms with Crippen molar-refractivity contribution in [2.75, 3.05) is 18.5 Å². The smallest absolute Gasteiger partial charge is 0.257 e. The number of benzene rings is 3. The van der Waals surface area contributed by atoms with Gasteiger partial charge in [0.15, 0.2) is 0 Å². The van der Waals surface area contributed by atoms with Crippen LogP contribution in [0.15, 0.2) is 60.7 Å². The van der Waals surface area contributed by atoms with Gasteiger partial charge in [0.05, 0.1) is 12.2 Å². The van der Waals surface area contributed by atoms with Gasteiger partial charge in [0.2, 0.25) is 0 Å². The molecule has 1 atom stereocenters. The second-order valence-corrected chi connectivity index (χ2v) is 6.32. The molecule has 1 heterocycles. The Labute approximate surface area is 153 Å². The second kappa shape index (κ2) is 6.71. The molecule has 1 aliphatic rings. The van der Waals surface area contributed by atoms with Gasteiger partial charge in [-0.2, -0.15) is 0 Å². The van der Waals surface area contributed by atoms with Gasteiger partial charge in [0, 0.05) is 17.8 Å². The molecule has 4 heteroatoms. The van der Waals surface area contributed by atoms with Crippen LogP contribution in [-0.2, 0) is 0 Å². The molecule has 3 aromatic rings. The van der Waals surface area contributed by atoms with Crippen molar-refractivity contribution in [1.29, 1.82) is 0 Å². The average molecular weight is 346 g/mol. The Hall–Kier alpha value is -3.01. The Morgan fingerprint density at radius 3 is 2.58 bits per heavy atom. The summed E-state index contributed by atoms with van der Waals surface area (Å²) in [6.45, 7) is 5.17. The van der Waals surface area contributed by atoms with Crippen molar-refractivity contribution in [2.24, 2.45) is 0 Å². The van der Waals surface area contributed by atoms with Gasteiger partial charge in [-0.05, 0) is 42.8 Å². The highest BCUT2D eigenvalue weighted by Gasteiger charge is 2.34. The predicted octanol–water partition coefficient (Wildman–Crippen LogP) is 4.82. The molecule has 1 aliphatic heterocycles. The molecule has 0 saturated carbocycles.